The van der Waals surface area contributed by atoms with E-state index in [-0.39, 0.29) is 0 Å². The monoisotopic (exact) mass is 364 g/mol. The van der Waals surface area contributed by atoms with Gasteiger partial charge in [-0.1, -0.05) is 30.3 Å². The summed E-state index contributed by atoms with van der Waals surface area (Å²) in [6.07, 6.45) is 3.87. The maximum Gasteiger partial charge on any atom is 0.184 e. The molecule has 4 heteroatoms. The molecule has 2 heterocycles. The van der Waals surface area contributed by atoms with E-state index in [1.54, 1.807) is 11.1 Å². The molecule has 1 unspecified atom stereocenters. The first-order valence-electron chi connectivity index (χ1n) is 10.3. The number of anilines is 1. The number of ether oxygens (including phenoxy) is 2. The van der Waals surface area contributed by atoms with E-state index in [2.05, 4.69) is 46.2 Å². The van der Waals surface area contributed by atoms with E-state index >= 15 is 0 Å². The third-order valence-corrected chi connectivity index (χ3v) is 6.31. The van der Waals surface area contributed by atoms with Gasteiger partial charge in [-0.05, 0) is 55.0 Å². The third-order valence-electron chi connectivity index (χ3n) is 6.31. The van der Waals surface area contributed by atoms with Gasteiger partial charge in [0.1, 0.15) is 13.2 Å². The van der Waals surface area contributed by atoms with Crippen molar-refractivity contribution in [3.05, 3.63) is 53.6 Å². The van der Waals surface area contributed by atoms with Gasteiger partial charge in [-0.2, -0.15) is 0 Å². The zero-order chi connectivity index (χ0) is 18.1. The lowest BCUT2D eigenvalue weighted by Crippen LogP contribution is -2.47. The van der Waals surface area contributed by atoms with Crippen LogP contribution in [0.2, 0.25) is 0 Å². The Hall–Kier alpha value is -2.20. The highest BCUT2D eigenvalue weighted by Gasteiger charge is 2.25. The summed E-state index contributed by atoms with van der Waals surface area (Å²) < 4.78 is 11.6. The Morgan fingerprint density at radius 3 is 2.67 bits per heavy atom. The Bertz CT molecular complexity index is 799. The first kappa shape index (κ1) is 16.9. The Balaban J connectivity index is 1.17. The number of rotatable bonds is 4. The predicted molar refractivity (Wildman–Crippen MR) is 108 cm³/mol. The molecule has 1 fully saturated rings. The van der Waals surface area contributed by atoms with E-state index in [0.29, 0.717) is 13.2 Å². The van der Waals surface area contributed by atoms with E-state index in [9.17, 15) is 0 Å². The van der Waals surface area contributed by atoms with E-state index in [1.807, 2.05) is 6.07 Å². The highest BCUT2D eigenvalue weighted by Crippen LogP contribution is 2.40. The largest absolute Gasteiger partial charge is 0.486 e. The standard InChI is InChI=1S/C23H28N2O2/c1-2-5-20-18(4-1)8-9-19(20)10-11-24-12-14-25(15-13-24)21-6-3-7-22-23(21)27-17-16-26-22/h1-7,19H,8-17H2. The predicted octanol–water partition coefficient (Wildman–Crippen LogP) is 3.70. The highest BCUT2D eigenvalue weighted by molar-refractivity contribution is 5.65. The molecule has 2 aromatic rings. The minimum absolute atomic E-state index is 0.646. The summed E-state index contributed by atoms with van der Waals surface area (Å²) in [6.45, 7) is 6.86. The summed E-state index contributed by atoms with van der Waals surface area (Å²) in [5.41, 5.74) is 4.36. The fourth-order valence-corrected chi connectivity index (χ4v) is 4.80. The lowest BCUT2D eigenvalue weighted by molar-refractivity contribution is 0.171. The van der Waals surface area contributed by atoms with Gasteiger partial charge >= 0.3 is 0 Å². The van der Waals surface area contributed by atoms with Gasteiger partial charge in [0.2, 0.25) is 0 Å². The van der Waals surface area contributed by atoms with Gasteiger partial charge in [0, 0.05) is 26.2 Å². The number of fused-ring (bicyclic) bond motifs is 2. The number of hydrogen-bond acceptors (Lipinski definition) is 4. The summed E-state index contributed by atoms with van der Waals surface area (Å²) in [5, 5.41) is 0. The zero-order valence-corrected chi connectivity index (χ0v) is 15.9. The van der Waals surface area contributed by atoms with Crippen molar-refractivity contribution in [2.45, 2.75) is 25.2 Å². The van der Waals surface area contributed by atoms with Crippen LogP contribution >= 0.6 is 0 Å². The number of piperazine rings is 1. The minimum atomic E-state index is 0.646. The van der Waals surface area contributed by atoms with Crippen LogP contribution in [0.3, 0.4) is 0 Å². The molecular weight excluding hydrogens is 336 g/mol. The zero-order valence-electron chi connectivity index (χ0n) is 15.9. The van der Waals surface area contributed by atoms with E-state index in [4.69, 9.17) is 9.47 Å². The summed E-state index contributed by atoms with van der Waals surface area (Å²) in [4.78, 5) is 5.08. The fourth-order valence-electron chi connectivity index (χ4n) is 4.80. The van der Waals surface area contributed by atoms with Crippen LogP contribution in [0.5, 0.6) is 11.5 Å². The van der Waals surface area contributed by atoms with E-state index in [0.717, 1.165) is 43.6 Å². The molecule has 3 aliphatic rings. The molecule has 0 aromatic heterocycles. The molecule has 0 radical (unpaired) electrons. The molecule has 142 valence electrons. The SMILES string of the molecule is c1ccc2c(c1)CCC2CCN1CCN(c2cccc3c2OCCO3)CC1. The topological polar surface area (TPSA) is 24.9 Å². The van der Waals surface area contributed by atoms with Crippen molar-refractivity contribution in [2.24, 2.45) is 0 Å². The molecule has 4 nitrogen and oxygen atoms in total. The fraction of sp³-hybridized carbons (Fsp3) is 0.478. The summed E-state index contributed by atoms with van der Waals surface area (Å²) >= 11 is 0. The highest BCUT2D eigenvalue weighted by atomic mass is 16.6. The van der Waals surface area contributed by atoms with Crippen molar-refractivity contribution in [1.82, 2.24) is 4.90 Å². The van der Waals surface area contributed by atoms with Crippen LogP contribution in [-0.4, -0.2) is 50.8 Å². The van der Waals surface area contributed by atoms with Gasteiger partial charge in [0.05, 0.1) is 5.69 Å². The van der Waals surface area contributed by atoms with Crippen LogP contribution in [-0.2, 0) is 6.42 Å². The van der Waals surface area contributed by atoms with Crippen molar-refractivity contribution in [2.75, 3.05) is 50.8 Å². The summed E-state index contributed by atoms with van der Waals surface area (Å²) in [7, 11) is 0. The van der Waals surface area contributed by atoms with Crippen LogP contribution in [0.25, 0.3) is 0 Å². The van der Waals surface area contributed by atoms with Crippen LogP contribution in [0.4, 0.5) is 5.69 Å². The normalized spacial score (nSPS) is 21.9. The molecule has 2 aromatic carbocycles. The number of nitrogens with zero attached hydrogens (tertiary/aromatic N) is 2. The molecule has 1 saturated heterocycles. The van der Waals surface area contributed by atoms with Gasteiger partial charge in [0.25, 0.3) is 0 Å². The molecule has 0 bridgehead atoms. The lowest BCUT2D eigenvalue weighted by atomic mass is 9.97. The second-order valence-electron chi connectivity index (χ2n) is 7.85. The molecule has 0 saturated carbocycles. The Kier molecular flexibility index (Phi) is 4.66. The maximum atomic E-state index is 5.90. The van der Waals surface area contributed by atoms with Gasteiger partial charge < -0.3 is 14.4 Å². The van der Waals surface area contributed by atoms with Gasteiger partial charge in [-0.3, -0.25) is 4.90 Å². The van der Waals surface area contributed by atoms with Gasteiger partial charge in [-0.25, -0.2) is 0 Å². The molecule has 27 heavy (non-hydrogen) atoms. The molecule has 0 N–H and O–H groups in total. The van der Waals surface area contributed by atoms with E-state index < -0.39 is 0 Å². The Morgan fingerprint density at radius 2 is 1.74 bits per heavy atom. The molecule has 0 spiro atoms. The smallest absolute Gasteiger partial charge is 0.184 e. The van der Waals surface area contributed by atoms with Crippen molar-refractivity contribution < 1.29 is 9.47 Å². The van der Waals surface area contributed by atoms with Crippen LogP contribution in [0.15, 0.2) is 42.5 Å². The summed E-state index contributed by atoms with van der Waals surface area (Å²) in [5.74, 6) is 2.58. The first-order chi connectivity index (χ1) is 13.4. The minimum Gasteiger partial charge on any atom is -0.486 e. The van der Waals surface area contributed by atoms with Crippen LogP contribution in [0.1, 0.15) is 29.9 Å². The molecule has 0 amide bonds. The van der Waals surface area contributed by atoms with E-state index in [1.165, 1.54) is 31.5 Å². The average Bonchev–Trinajstić information content (AvgIpc) is 3.15. The first-order valence-corrected chi connectivity index (χ1v) is 10.3. The van der Waals surface area contributed by atoms with Crippen molar-refractivity contribution in [3.63, 3.8) is 0 Å². The lowest BCUT2D eigenvalue weighted by Gasteiger charge is -2.37. The Labute approximate surface area is 161 Å². The molecule has 1 atom stereocenters. The number of para-hydroxylation sites is 1. The molecule has 2 aliphatic heterocycles. The summed E-state index contributed by atoms with van der Waals surface area (Å²) in [6, 6.07) is 15.3. The quantitative estimate of drug-likeness (QED) is 0.826. The number of hydrogen-bond donors (Lipinski definition) is 0. The molecule has 5 rings (SSSR count). The van der Waals surface area contributed by atoms with Crippen molar-refractivity contribution in [1.29, 1.82) is 0 Å². The van der Waals surface area contributed by atoms with Crippen LogP contribution in [0, 0.1) is 0 Å². The van der Waals surface area contributed by atoms with Crippen LogP contribution < -0.4 is 14.4 Å². The third kappa shape index (κ3) is 3.39. The maximum absolute atomic E-state index is 5.90. The van der Waals surface area contributed by atoms with Gasteiger partial charge in [0.15, 0.2) is 11.5 Å². The molecular formula is C23H28N2O2. The van der Waals surface area contributed by atoms with Crippen molar-refractivity contribution in [3.8, 4) is 11.5 Å². The Morgan fingerprint density at radius 1 is 0.889 bits per heavy atom. The van der Waals surface area contributed by atoms with Crippen molar-refractivity contribution >= 4 is 5.69 Å². The second kappa shape index (κ2) is 7.43. The number of aryl methyl sites for hydroxylation is 1. The number of benzene rings is 2. The van der Waals surface area contributed by atoms with Gasteiger partial charge in [-0.15, -0.1) is 0 Å². The molecule has 1 aliphatic carbocycles. The average molecular weight is 364 g/mol. The second-order valence-corrected chi connectivity index (χ2v) is 7.85.